The predicted molar refractivity (Wildman–Crippen MR) is 459 cm³/mol. The fourth-order valence-corrected chi connectivity index (χ4v) is 10.7. The van der Waals surface area contributed by atoms with E-state index in [0.717, 1.165) is 66.8 Å². The van der Waals surface area contributed by atoms with Gasteiger partial charge in [-0.3, -0.25) is 34.1 Å². The summed E-state index contributed by atoms with van der Waals surface area (Å²) in [6.45, 7) is 30.0. The third-order valence-electron chi connectivity index (χ3n) is 17.1. The van der Waals surface area contributed by atoms with E-state index in [0.29, 0.717) is 22.0 Å². The van der Waals surface area contributed by atoms with E-state index in [2.05, 4.69) is 63.8 Å². The lowest BCUT2D eigenvalue weighted by atomic mass is 9.91. The average Bonchev–Trinajstić information content (AvgIpc) is 1.65. The van der Waals surface area contributed by atoms with E-state index in [1.807, 2.05) is 176 Å². The van der Waals surface area contributed by atoms with Crippen molar-refractivity contribution >= 4 is 121 Å². The molecule has 0 bridgehead atoms. The lowest BCUT2D eigenvalue weighted by molar-refractivity contribution is -0.161. The third-order valence-corrected chi connectivity index (χ3v) is 17.7. The Hall–Kier alpha value is -9.19. The summed E-state index contributed by atoms with van der Waals surface area (Å²) in [6.07, 6.45) is -0.941. The number of carbonyl (C=O) groups is 9. The number of esters is 3. The van der Waals surface area contributed by atoms with Gasteiger partial charge in [0.2, 0.25) is 5.60 Å². The third kappa shape index (κ3) is 33.3. The fraction of sp³-hybridized carbons (Fsp3) is 0.344. The van der Waals surface area contributed by atoms with E-state index < -0.39 is 72.7 Å². The number of carbonyl (C=O) groups excluding carboxylic acids is 8. The molecule has 3 heterocycles. The van der Waals surface area contributed by atoms with Gasteiger partial charge in [-0.05, 0) is 138 Å². The smallest absolute Gasteiger partial charge is 0.415 e. The number of cyclic esters (lactones) is 3. The van der Waals surface area contributed by atoms with E-state index in [4.69, 9.17) is 70.8 Å². The summed E-state index contributed by atoms with van der Waals surface area (Å²) < 4.78 is 18.2. The number of carboxylic acids is 1. The zero-order valence-corrected chi connectivity index (χ0v) is 69.1. The van der Waals surface area contributed by atoms with Gasteiger partial charge in [-0.15, -0.1) is 0 Å². The van der Waals surface area contributed by atoms with Gasteiger partial charge in [-0.25, -0.2) is 14.4 Å². The van der Waals surface area contributed by atoms with Gasteiger partial charge in [0.1, 0.15) is 18.4 Å². The van der Waals surface area contributed by atoms with Crippen molar-refractivity contribution in [2.24, 2.45) is 0 Å². The van der Waals surface area contributed by atoms with E-state index in [1.54, 1.807) is 77.1 Å². The van der Waals surface area contributed by atoms with Crippen molar-refractivity contribution in [3.8, 4) is 0 Å². The number of ketones is 3. The van der Waals surface area contributed by atoms with Gasteiger partial charge in [-0.2, -0.15) is 0 Å². The number of imide groups is 1. The molecular formula is C90H112BrCl4NO18. The normalized spacial score (nSPS) is 17.4. The van der Waals surface area contributed by atoms with Gasteiger partial charge in [0.25, 0.3) is 9.16 Å². The molecule has 24 heteroatoms. The molecule has 0 saturated carbocycles. The standard InChI is InChI=1S/C12H11BrO3.C12H12O3.C11H11NO3.C11H14O3.C10H12O3.C10H14O2.C10H12.C9H10O.CCl4.4CH4/c1-12(10(14)6-11(15)16-12)9-4-2-3-8(5-9)7-13;1-8-4-3-5-9(6-8)12(2)10(13)7-11(14)15-12;1-7-4-3-5-8(6-7)11(2)9(13)12-10(14)15-11;1-8-5-4-6-9(7-8)11(2,13)10(12)14-3;1-7-4-3-5-8(6-7)10(2,13)9(11)12;1-8-4-3-5-9(6-8)10(2,12)7-11;1-8(2)10-6-4-5-9(3)7-10;1-7-4-3-5-9(6-7)8(2)10;2-1(3,4)5;;;;/h2-5H,6-7H2,1H3;3-6H,7H2,1-2H3;3-6H,1-2H3,(H,12,13,14);4-7,13H,1-3H3;3-6,13H,1-2H3,(H,11,12);3-6,11-12H,7H2,1-2H3;4-7H,1H2,2-3H3;3-6H,1-2H3;;4*1H4/t2*12-;2*11-;2*10-;;;;;;;/m111110......./s1. The Kier molecular flexibility index (Phi) is 44.6. The number of ether oxygens (including phenoxy) is 4. The van der Waals surface area contributed by atoms with Gasteiger partial charge in [0.05, 0.1) is 13.7 Å². The van der Waals surface area contributed by atoms with E-state index in [9.17, 15) is 58.5 Å². The van der Waals surface area contributed by atoms with Gasteiger partial charge in [0, 0.05) is 27.6 Å². The van der Waals surface area contributed by atoms with Gasteiger partial charge < -0.3 is 44.5 Å². The first kappa shape index (κ1) is 107. The minimum Gasteiger partial charge on any atom is -0.479 e. The Morgan fingerprint density at radius 3 is 1.11 bits per heavy atom. The highest BCUT2D eigenvalue weighted by molar-refractivity contribution is 9.08. The quantitative estimate of drug-likeness (QED) is 0.0218. The summed E-state index contributed by atoms with van der Waals surface area (Å²) in [5.74, 6) is -3.41. The molecule has 19 nitrogen and oxygen atoms in total. The lowest BCUT2D eigenvalue weighted by Crippen LogP contribution is -2.33. The Labute approximate surface area is 701 Å². The number of alkyl carbamates (subject to hydrolysis) is 1. The number of halogens is 5. The number of allylic oxidation sites excluding steroid dienone is 1. The van der Waals surface area contributed by atoms with Crippen LogP contribution in [0.4, 0.5) is 4.79 Å². The summed E-state index contributed by atoms with van der Waals surface area (Å²) in [7, 11) is 1.26. The summed E-state index contributed by atoms with van der Waals surface area (Å²) >= 11 is 22.7. The second-order valence-corrected chi connectivity index (χ2v) is 31.1. The highest BCUT2D eigenvalue weighted by atomic mass is 79.9. The molecule has 8 aromatic rings. The number of aliphatic hydroxyl groups is 4. The van der Waals surface area contributed by atoms with Gasteiger partial charge in [-0.1, -0.05) is 331 Å². The fourth-order valence-electron chi connectivity index (χ4n) is 10.4. The van der Waals surface area contributed by atoms with Crippen LogP contribution in [0.15, 0.2) is 201 Å². The summed E-state index contributed by atoms with van der Waals surface area (Å²) in [5, 5.41) is 49.6. The molecule has 114 heavy (non-hydrogen) atoms. The topological polar surface area (TPSA) is 304 Å². The van der Waals surface area contributed by atoms with Crippen molar-refractivity contribution in [2.45, 2.75) is 189 Å². The molecule has 3 fully saturated rings. The Balaban J connectivity index is 0. The highest BCUT2D eigenvalue weighted by Crippen LogP contribution is 2.36. The molecule has 0 radical (unpaired) electrons. The molecule has 0 aromatic heterocycles. The maximum atomic E-state index is 11.7. The van der Waals surface area contributed by atoms with Crippen LogP contribution in [0.25, 0.3) is 5.57 Å². The minimum atomic E-state index is -1.80. The number of aryl methyl sites for hydroxylation is 7. The number of aliphatic carboxylic acids is 1. The number of alkyl halides is 5. The predicted octanol–water partition coefficient (Wildman–Crippen LogP) is 19.7. The van der Waals surface area contributed by atoms with Crippen LogP contribution in [0.1, 0.15) is 192 Å². The van der Waals surface area contributed by atoms with E-state index >= 15 is 0 Å². The van der Waals surface area contributed by atoms with Crippen molar-refractivity contribution in [1.82, 2.24) is 5.32 Å². The molecule has 3 aliphatic heterocycles. The van der Waals surface area contributed by atoms with Crippen LogP contribution in [0.2, 0.25) is 0 Å². The van der Waals surface area contributed by atoms with Crippen molar-refractivity contribution in [3.05, 3.63) is 290 Å². The molecule has 3 aliphatic rings. The maximum absolute atomic E-state index is 11.7. The van der Waals surface area contributed by atoms with Crippen molar-refractivity contribution in [3.63, 3.8) is 0 Å². The van der Waals surface area contributed by atoms with Crippen LogP contribution < -0.4 is 5.32 Å². The zero-order valence-electron chi connectivity index (χ0n) is 64.4. The minimum absolute atomic E-state index is 0. The number of Topliss-reactive ketones (excluding diaryl/α,β-unsaturated/α-hetero) is 3. The number of rotatable bonds is 12. The zero-order chi connectivity index (χ0) is 83.5. The summed E-state index contributed by atoms with van der Waals surface area (Å²) in [5.41, 5.74) is 7.71. The summed E-state index contributed by atoms with van der Waals surface area (Å²) in [4.78, 5) is 101. The van der Waals surface area contributed by atoms with E-state index in [1.165, 1.54) is 32.1 Å². The first-order valence-electron chi connectivity index (χ1n) is 34.2. The Morgan fingerprint density at radius 1 is 0.491 bits per heavy atom. The summed E-state index contributed by atoms with van der Waals surface area (Å²) in [6, 6.07) is 59.8. The number of nitrogens with one attached hydrogen (secondary N) is 1. The molecule has 3 saturated heterocycles. The lowest BCUT2D eigenvalue weighted by Gasteiger charge is -2.21. The van der Waals surface area contributed by atoms with Gasteiger partial charge in [0.15, 0.2) is 39.8 Å². The Bertz CT molecular complexity index is 4420. The van der Waals surface area contributed by atoms with Crippen LogP contribution in [0.5, 0.6) is 0 Å². The molecule has 8 aromatic carbocycles. The van der Waals surface area contributed by atoms with E-state index in [-0.39, 0.29) is 66.5 Å². The van der Waals surface area contributed by atoms with Crippen LogP contribution in [-0.4, -0.2) is 95.7 Å². The van der Waals surface area contributed by atoms with Crippen molar-refractivity contribution < 1.29 is 87.6 Å². The van der Waals surface area contributed by atoms with Gasteiger partial charge >= 0.3 is 30.0 Å². The van der Waals surface area contributed by atoms with Crippen LogP contribution in [0.3, 0.4) is 0 Å². The number of benzene rings is 8. The molecule has 6 N–H and O–H groups in total. The monoisotopic (exact) mass is 1710 g/mol. The number of hydrogen-bond donors (Lipinski definition) is 6. The Morgan fingerprint density at radius 2 is 0.816 bits per heavy atom. The molecular weight excluding hydrogens is 1600 g/mol. The maximum Gasteiger partial charge on any atom is 0.415 e. The molecule has 0 aliphatic carbocycles. The van der Waals surface area contributed by atoms with Crippen LogP contribution >= 0.6 is 62.3 Å². The first-order chi connectivity index (χ1) is 51.0. The molecule has 620 valence electrons. The molecule has 6 atom stereocenters. The van der Waals surface area contributed by atoms with Crippen LogP contribution in [0, 0.1) is 48.5 Å². The van der Waals surface area contributed by atoms with Crippen molar-refractivity contribution in [1.29, 1.82) is 0 Å². The molecule has 11 rings (SSSR count). The number of carboxylic acid groups (broad SMARTS) is 1. The molecule has 2 amide bonds. The number of amides is 2. The second-order valence-electron chi connectivity index (χ2n) is 27.2. The largest absolute Gasteiger partial charge is 0.479 e. The second kappa shape index (κ2) is 47.6. The SMILES string of the molecule is C.C.C.C.C=C(C)c1cccc(C)c1.CC(=O)c1cccc(C)c1.COC(=O)[C@](C)(O)c1cccc(C)c1.C[C@]1(c2cccc(CBr)c2)OC(=O)CC1=O.Cc1cccc([C@@](C)(O)C(=O)O)c1.Cc1cccc([C@@](C)(O)CO)c1.Cc1cccc([C@@]2(C)OC(=O)CC2=O)c1.Cc1cccc([C@@]2(C)OC(=O)NC2=O)c1.ClC(Cl)(Cl)Cl. The highest BCUT2D eigenvalue weighted by Gasteiger charge is 2.48. The van der Waals surface area contributed by atoms with Crippen molar-refractivity contribution in [2.75, 3.05) is 13.7 Å². The average molecular weight is 1720 g/mol. The number of methoxy groups -OCH3 is 1. The van der Waals surface area contributed by atoms with Crippen LogP contribution in [-0.2, 0) is 91.4 Å². The number of aliphatic hydroxyl groups excluding tert-OH is 1. The molecule has 0 unspecified atom stereocenters. The molecule has 0 spiro atoms. The first-order valence-corrected chi connectivity index (χ1v) is 36.8. The number of hydrogen-bond acceptors (Lipinski definition) is 17.